The maximum absolute atomic E-state index is 11.8. The summed E-state index contributed by atoms with van der Waals surface area (Å²) in [7, 11) is 0. The quantitative estimate of drug-likeness (QED) is 0.765. The van der Waals surface area contributed by atoms with Crippen LogP contribution in [0.1, 0.15) is 38.7 Å². The predicted molar refractivity (Wildman–Crippen MR) is 79.7 cm³/mol. The minimum absolute atomic E-state index is 0.0930. The van der Waals surface area contributed by atoms with Gasteiger partial charge in [0.15, 0.2) is 0 Å². The van der Waals surface area contributed by atoms with E-state index in [0.29, 0.717) is 12.6 Å². The minimum Gasteiger partial charge on any atom is -0.494 e. The monoisotopic (exact) mass is 276 g/mol. The Bertz CT molecular complexity index is 427. The second kappa shape index (κ2) is 7.29. The van der Waals surface area contributed by atoms with Gasteiger partial charge in [0.25, 0.3) is 0 Å². The lowest BCUT2D eigenvalue weighted by Crippen LogP contribution is -2.42. The lowest BCUT2D eigenvalue weighted by molar-refractivity contribution is -0.122. The summed E-state index contributed by atoms with van der Waals surface area (Å²) >= 11 is 0. The summed E-state index contributed by atoms with van der Waals surface area (Å²) in [6.07, 6.45) is 3.26. The van der Waals surface area contributed by atoms with Crippen molar-refractivity contribution in [3.8, 4) is 5.75 Å². The number of ether oxygens (including phenoxy) is 1. The molecule has 0 aliphatic heterocycles. The van der Waals surface area contributed by atoms with E-state index in [4.69, 9.17) is 4.74 Å². The second-order valence-electron chi connectivity index (χ2n) is 5.38. The van der Waals surface area contributed by atoms with E-state index in [1.807, 2.05) is 31.2 Å². The number of amides is 1. The van der Waals surface area contributed by atoms with Gasteiger partial charge >= 0.3 is 0 Å². The number of nitrogens with one attached hydrogen (secondary N) is 2. The van der Waals surface area contributed by atoms with Crippen molar-refractivity contribution in [3.05, 3.63) is 29.8 Å². The molecule has 0 radical (unpaired) electrons. The fourth-order valence-corrected chi connectivity index (χ4v) is 1.84. The SMILES string of the molecule is CCCOc1ccc(CNC(C)C(=O)NC2CC2)cc1. The molecule has 1 saturated carbocycles. The van der Waals surface area contributed by atoms with E-state index in [2.05, 4.69) is 17.6 Å². The fraction of sp³-hybridized carbons (Fsp3) is 0.562. The third-order valence-electron chi connectivity index (χ3n) is 3.33. The first kappa shape index (κ1) is 14.9. The molecule has 1 aromatic rings. The third-order valence-corrected chi connectivity index (χ3v) is 3.33. The predicted octanol–water partition coefficient (Wildman–Crippen LogP) is 2.23. The van der Waals surface area contributed by atoms with Crippen LogP contribution < -0.4 is 15.4 Å². The van der Waals surface area contributed by atoms with Crippen molar-refractivity contribution in [1.82, 2.24) is 10.6 Å². The van der Waals surface area contributed by atoms with Gasteiger partial charge in [0.05, 0.1) is 12.6 Å². The molecule has 0 bridgehead atoms. The lowest BCUT2D eigenvalue weighted by Gasteiger charge is -2.14. The van der Waals surface area contributed by atoms with Crippen molar-refractivity contribution < 1.29 is 9.53 Å². The van der Waals surface area contributed by atoms with Crippen LogP contribution in [0.4, 0.5) is 0 Å². The van der Waals surface area contributed by atoms with Crippen molar-refractivity contribution >= 4 is 5.91 Å². The van der Waals surface area contributed by atoms with Gasteiger partial charge in [0.2, 0.25) is 5.91 Å². The Morgan fingerprint density at radius 3 is 2.65 bits per heavy atom. The maximum Gasteiger partial charge on any atom is 0.237 e. The maximum atomic E-state index is 11.8. The second-order valence-corrected chi connectivity index (χ2v) is 5.38. The van der Waals surface area contributed by atoms with Crippen LogP contribution in [0, 0.1) is 0 Å². The molecule has 4 heteroatoms. The molecule has 1 aliphatic carbocycles. The molecule has 20 heavy (non-hydrogen) atoms. The first-order chi connectivity index (χ1) is 9.69. The van der Waals surface area contributed by atoms with Crippen LogP contribution in [0.2, 0.25) is 0 Å². The van der Waals surface area contributed by atoms with Gasteiger partial charge in [-0.15, -0.1) is 0 Å². The van der Waals surface area contributed by atoms with E-state index < -0.39 is 0 Å². The van der Waals surface area contributed by atoms with Gasteiger partial charge in [0, 0.05) is 12.6 Å². The van der Waals surface area contributed by atoms with E-state index in [0.717, 1.165) is 37.2 Å². The highest BCUT2D eigenvalue weighted by Gasteiger charge is 2.25. The summed E-state index contributed by atoms with van der Waals surface area (Å²) in [5, 5.41) is 6.24. The average molecular weight is 276 g/mol. The Balaban J connectivity index is 1.73. The summed E-state index contributed by atoms with van der Waals surface area (Å²) in [6.45, 7) is 5.42. The zero-order chi connectivity index (χ0) is 14.4. The van der Waals surface area contributed by atoms with Crippen molar-refractivity contribution in [2.75, 3.05) is 6.61 Å². The van der Waals surface area contributed by atoms with Crippen LogP contribution in [-0.4, -0.2) is 24.6 Å². The summed E-state index contributed by atoms with van der Waals surface area (Å²) in [4.78, 5) is 11.8. The van der Waals surface area contributed by atoms with E-state index in [1.54, 1.807) is 0 Å². The fourth-order valence-electron chi connectivity index (χ4n) is 1.84. The standard InChI is InChI=1S/C16H24N2O2/c1-3-10-20-15-8-4-13(5-9-15)11-17-12(2)16(19)18-14-6-7-14/h4-5,8-9,12,14,17H,3,6-7,10-11H2,1-2H3,(H,18,19). The molecular weight excluding hydrogens is 252 g/mol. The van der Waals surface area contributed by atoms with Gasteiger partial charge < -0.3 is 15.4 Å². The molecule has 0 aromatic heterocycles. The van der Waals surface area contributed by atoms with Crippen LogP contribution in [0.3, 0.4) is 0 Å². The van der Waals surface area contributed by atoms with Gasteiger partial charge in [-0.3, -0.25) is 4.79 Å². The normalized spacial score (nSPS) is 15.7. The van der Waals surface area contributed by atoms with Gasteiger partial charge in [-0.1, -0.05) is 19.1 Å². The first-order valence-electron chi connectivity index (χ1n) is 7.44. The van der Waals surface area contributed by atoms with E-state index in [-0.39, 0.29) is 11.9 Å². The number of rotatable bonds is 8. The van der Waals surface area contributed by atoms with Crippen LogP contribution in [0.5, 0.6) is 5.75 Å². The zero-order valence-corrected chi connectivity index (χ0v) is 12.3. The van der Waals surface area contributed by atoms with Crippen molar-refractivity contribution in [2.45, 2.75) is 51.7 Å². The number of carbonyl (C=O) groups excluding carboxylic acids is 1. The molecular formula is C16H24N2O2. The number of hydrogen-bond donors (Lipinski definition) is 2. The Labute approximate surface area is 120 Å². The number of hydrogen-bond acceptors (Lipinski definition) is 3. The molecule has 1 fully saturated rings. The number of benzene rings is 1. The zero-order valence-electron chi connectivity index (χ0n) is 12.3. The highest BCUT2D eigenvalue weighted by Crippen LogP contribution is 2.18. The molecule has 0 saturated heterocycles. The molecule has 1 aliphatic rings. The Morgan fingerprint density at radius 1 is 1.35 bits per heavy atom. The summed E-state index contributed by atoms with van der Waals surface area (Å²) in [5.74, 6) is 0.991. The van der Waals surface area contributed by atoms with Crippen molar-refractivity contribution in [2.24, 2.45) is 0 Å². The largest absolute Gasteiger partial charge is 0.494 e. The van der Waals surface area contributed by atoms with Gasteiger partial charge in [0.1, 0.15) is 5.75 Å². The van der Waals surface area contributed by atoms with Crippen molar-refractivity contribution in [3.63, 3.8) is 0 Å². The molecule has 0 heterocycles. The molecule has 1 unspecified atom stereocenters. The molecule has 110 valence electrons. The van der Waals surface area contributed by atoms with E-state index >= 15 is 0 Å². The molecule has 0 spiro atoms. The summed E-state index contributed by atoms with van der Waals surface area (Å²) in [5.41, 5.74) is 1.15. The van der Waals surface area contributed by atoms with Crippen LogP contribution >= 0.6 is 0 Å². The van der Waals surface area contributed by atoms with Gasteiger partial charge in [-0.2, -0.15) is 0 Å². The van der Waals surface area contributed by atoms with Gasteiger partial charge in [-0.05, 0) is 43.9 Å². The van der Waals surface area contributed by atoms with Gasteiger partial charge in [-0.25, -0.2) is 0 Å². The topological polar surface area (TPSA) is 50.4 Å². The summed E-state index contributed by atoms with van der Waals surface area (Å²) in [6, 6.07) is 8.27. The van der Waals surface area contributed by atoms with E-state index in [9.17, 15) is 4.79 Å². The smallest absolute Gasteiger partial charge is 0.237 e. The lowest BCUT2D eigenvalue weighted by atomic mass is 10.2. The highest BCUT2D eigenvalue weighted by atomic mass is 16.5. The average Bonchev–Trinajstić information content (AvgIpc) is 3.27. The first-order valence-corrected chi connectivity index (χ1v) is 7.44. The van der Waals surface area contributed by atoms with E-state index in [1.165, 1.54) is 0 Å². The molecule has 1 atom stereocenters. The third kappa shape index (κ3) is 4.85. The molecule has 2 N–H and O–H groups in total. The van der Waals surface area contributed by atoms with Crippen LogP contribution in [0.15, 0.2) is 24.3 Å². The van der Waals surface area contributed by atoms with Crippen LogP contribution in [0.25, 0.3) is 0 Å². The molecule has 1 amide bonds. The molecule has 2 rings (SSSR count). The Morgan fingerprint density at radius 2 is 2.05 bits per heavy atom. The highest BCUT2D eigenvalue weighted by molar-refractivity contribution is 5.81. The molecule has 4 nitrogen and oxygen atoms in total. The van der Waals surface area contributed by atoms with Crippen molar-refractivity contribution in [1.29, 1.82) is 0 Å². The Kier molecular flexibility index (Phi) is 5.41. The Hall–Kier alpha value is -1.55. The number of carbonyl (C=O) groups is 1. The summed E-state index contributed by atoms with van der Waals surface area (Å²) < 4.78 is 5.54. The molecule has 1 aromatic carbocycles. The van der Waals surface area contributed by atoms with Crippen LogP contribution in [-0.2, 0) is 11.3 Å². The minimum atomic E-state index is -0.161.